The molecular formula is C13H12FNO2S2. The lowest BCUT2D eigenvalue weighted by atomic mass is 10.3. The van der Waals surface area contributed by atoms with Crippen molar-refractivity contribution >= 4 is 27.3 Å². The number of anilines is 1. The molecule has 3 nitrogen and oxygen atoms in total. The van der Waals surface area contributed by atoms with Gasteiger partial charge in [-0.2, -0.15) is 0 Å². The zero-order valence-corrected chi connectivity index (χ0v) is 11.8. The van der Waals surface area contributed by atoms with Gasteiger partial charge in [-0.3, -0.25) is 0 Å². The fraction of sp³-hybridized carbons (Fsp3) is 0.0769. The van der Waals surface area contributed by atoms with Crippen LogP contribution in [0.2, 0.25) is 0 Å². The maximum absolute atomic E-state index is 13.6. The first-order valence-electron chi connectivity index (χ1n) is 5.39. The summed E-state index contributed by atoms with van der Waals surface area (Å²) in [5.74, 6) is -0.391. The van der Waals surface area contributed by atoms with Gasteiger partial charge in [0.2, 0.25) is 0 Å². The largest absolute Gasteiger partial charge is 0.399 e. The van der Waals surface area contributed by atoms with Gasteiger partial charge >= 0.3 is 0 Å². The Morgan fingerprint density at radius 1 is 1.11 bits per heavy atom. The van der Waals surface area contributed by atoms with E-state index in [-0.39, 0.29) is 4.90 Å². The number of rotatable bonds is 3. The minimum Gasteiger partial charge on any atom is -0.399 e. The summed E-state index contributed by atoms with van der Waals surface area (Å²) in [6.07, 6.45) is 1.15. The Morgan fingerprint density at radius 2 is 1.74 bits per heavy atom. The summed E-state index contributed by atoms with van der Waals surface area (Å²) in [4.78, 5) is 1.45. The molecule has 0 atom stereocenters. The molecule has 0 heterocycles. The van der Waals surface area contributed by atoms with Gasteiger partial charge < -0.3 is 5.73 Å². The highest BCUT2D eigenvalue weighted by Crippen LogP contribution is 2.31. The SMILES string of the molecule is CS(=O)(=O)c1ccc(Sc2ccc(N)cc2F)cc1. The van der Waals surface area contributed by atoms with Crippen LogP contribution in [0.15, 0.2) is 57.2 Å². The van der Waals surface area contributed by atoms with Gasteiger partial charge in [0.05, 0.1) is 4.90 Å². The van der Waals surface area contributed by atoms with Crippen molar-refractivity contribution in [3.05, 3.63) is 48.3 Å². The third-order valence-electron chi connectivity index (χ3n) is 2.44. The average Bonchev–Trinajstić information content (AvgIpc) is 2.32. The van der Waals surface area contributed by atoms with Crippen LogP contribution in [0.1, 0.15) is 0 Å². The minimum absolute atomic E-state index is 0.245. The highest BCUT2D eigenvalue weighted by molar-refractivity contribution is 7.99. The molecule has 2 aromatic rings. The Balaban J connectivity index is 2.25. The Hall–Kier alpha value is -1.53. The van der Waals surface area contributed by atoms with Gasteiger partial charge in [-0.25, -0.2) is 12.8 Å². The van der Waals surface area contributed by atoms with Crippen LogP contribution in [-0.2, 0) is 9.84 Å². The Bertz CT molecular complexity index is 697. The molecule has 0 saturated heterocycles. The van der Waals surface area contributed by atoms with E-state index < -0.39 is 15.7 Å². The summed E-state index contributed by atoms with van der Waals surface area (Å²) in [7, 11) is -3.21. The van der Waals surface area contributed by atoms with Crippen molar-refractivity contribution in [2.45, 2.75) is 14.7 Å². The van der Waals surface area contributed by atoms with Gasteiger partial charge in [0, 0.05) is 21.7 Å². The van der Waals surface area contributed by atoms with Crippen molar-refractivity contribution in [1.29, 1.82) is 0 Å². The molecule has 2 rings (SSSR count). The highest BCUT2D eigenvalue weighted by Gasteiger charge is 2.08. The second-order valence-electron chi connectivity index (χ2n) is 4.04. The number of nitrogens with two attached hydrogens (primary N) is 1. The standard InChI is InChI=1S/C13H12FNO2S2/c1-19(16,17)11-5-3-10(4-6-11)18-13-7-2-9(15)8-12(13)14/h2-8H,15H2,1H3. The van der Waals surface area contributed by atoms with Crippen LogP contribution >= 0.6 is 11.8 Å². The first-order valence-corrected chi connectivity index (χ1v) is 8.10. The normalized spacial score (nSPS) is 11.5. The topological polar surface area (TPSA) is 60.2 Å². The Kier molecular flexibility index (Phi) is 3.82. The molecule has 19 heavy (non-hydrogen) atoms. The van der Waals surface area contributed by atoms with E-state index >= 15 is 0 Å². The summed E-state index contributed by atoms with van der Waals surface area (Å²) >= 11 is 1.22. The fourth-order valence-electron chi connectivity index (χ4n) is 1.48. The van der Waals surface area contributed by atoms with Crippen LogP contribution in [-0.4, -0.2) is 14.7 Å². The van der Waals surface area contributed by atoms with E-state index in [1.165, 1.54) is 30.0 Å². The van der Waals surface area contributed by atoms with Gasteiger partial charge in [0.15, 0.2) is 9.84 Å². The van der Waals surface area contributed by atoms with Crippen LogP contribution < -0.4 is 5.73 Å². The third kappa shape index (κ3) is 3.48. The van der Waals surface area contributed by atoms with Gasteiger partial charge in [-0.1, -0.05) is 11.8 Å². The highest BCUT2D eigenvalue weighted by atomic mass is 32.2. The maximum Gasteiger partial charge on any atom is 0.175 e. The quantitative estimate of drug-likeness (QED) is 0.885. The number of hydrogen-bond donors (Lipinski definition) is 1. The molecule has 0 radical (unpaired) electrons. The van der Waals surface area contributed by atoms with E-state index in [1.54, 1.807) is 24.3 Å². The van der Waals surface area contributed by atoms with Crippen LogP contribution in [0.5, 0.6) is 0 Å². The average molecular weight is 297 g/mol. The molecular weight excluding hydrogens is 285 g/mol. The van der Waals surface area contributed by atoms with Crippen LogP contribution in [0.4, 0.5) is 10.1 Å². The summed E-state index contributed by atoms with van der Waals surface area (Å²) in [6.45, 7) is 0. The van der Waals surface area contributed by atoms with E-state index in [1.807, 2.05) is 0 Å². The summed E-state index contributed by atoms with van der Waals surface area (Å²) in [6, 6.07) is 10.8. The van der Waals surface area contributed by atoms with Crippen molar-refractivity contribution in [3.63, 3.8) is 0 Å². The molecule has 100 valence electrons. The fourth-order valence-corrected chi connectivity index (χ4v) is 2.93. The molecule has 6 heteroatoms. The number of nitrogen functional groups attached to an aromatic ring is 1. The molecule has 0 aliphatic rings. The Morgan fingerprint density at radius 3 is 2.26 bits per heavy atom. The van der Waals surface area contributed by atoms with Gasteiger partial charge in [-0.05, 0) is 42.5 Å². The number of sulfone groups is 1. The predicted molar refractivity (Wildman–Crippen MR) is 74.5 cm³/mol. The zero-order valence-electron chi connectivity index (χ0n) is 10.1. The monoisotopic (exact) mass is 297 g/mol. The first kappa shape index (κ1) is 13.9. The molecule has 0 amide bonds. The lowest BCUT2D eigenvalue weighted by Gasteiger charge is -2.05. The second-order valence-corrected chi connectivity index (χ2v) is 7.17. The molecule has 2 N–H and O–H groups in total. The lowest BCUT2D eigenvalue weighted by molar-refractivity contribution is 0.601. The molecule has 2 aromatic carbocycles. The van der Waals surface area contributed by atoms with Crippen LogP contribution in [0.3, 0.4) is 0 Å². The van der Waals surface area contributed by atoms with Gasteiger partial charge in [-0.15, -0.1) is 0 Å². The van der Waals surface area contributed by atoms with E-state index in [2.05, 4.69) is 0 Å². The third-order valence-corrected chi connectivity index (χ3v) is 4.62. The van der Waals surface area contributed by atoms with Crippen molar-refractivity contribution in [3.8, 4) is 0 Å². The summed E-state index contributed by atoms with van der Waals surface area (Å²) in [5, 5.41) is 0. The van der Waals surface area contributed by atoms with Crippen molar-refractivity contribution in [2.24, 2.45) is 0 Å². The number of benzene rings is 2. The minimum atomic E-state index is -3.21. The van der Waals surface area contributed by atoms with Crippen molar-refractivity contribution < 1.29 is 12.8 Å². The molecule has 0 aromatic heterocycles. The van der Waals surface area contributed by atoms with Crippen molar-refractivity contribution in [1.82, 2.24) is 0 Å². The summed E-state index contributed by atoms with van der Waals surface area (Å²) in [5.41, 5.74) is 5.84. The van der Waals surface area contributed by atoms with E-state index in [0.717, 1.165) is 11.2 Å². The first-order chi connectivity index (χ1) is 8.86. The Labute approximate surface area is 115 Å². The molecule has 0 aliphatic heterocycles. The molecule has 0 aliphatic carbocycles. The molecule has 0 saturated carbocycles. The molecule has 0 unspecified atom stereocenters. The van der Waals surface area contributed by atoms with Crippen LogP contribution in [0.25, 0.3) is 0 Å². The molecule has 0 bridgehead atoms. The van der Waals surface area contributed by atoms with E-state index in [9.17, 15) is 12.8 Å². The maximum atomic E-state index is 13.6. The number of halogens is 1. The smallest absolute Gasteiger partial charge is 0.175 e. The molecule has 0 spiro atoms. The zero-order chi connectivity index (χ0) is 14.0. The van der Waals surface area contributed by atoms with Gasteiger partial charge in [0.1, 0.15) is 5.82 Å². The second kappa shape index (κ2) is 5.22. The van der Waals surface area contributed by atoms with E-state index in [0.29, 0.717) is 10.6 Å². The lowest BCUT2D eigenvalue weighted by Crippen LogP contribution is -1.96. The van der Waals surface area contributed by atoms with Crippen LogP contribution in [0, 0.1) is 5.82 Å². The van der Waals surface area contributed by atoms with E-state index in [4.69, 9.17) is 5.73 Å². The predicted octanol–water partition coefficient (Wildman–Crippen LogP) is 2.96. The number of hydrogen-bond acceptors (Lipinski definition) is 4. The van der Waals surface area contributed by atoms with Gasteiger partial charge in [0.25, 0.3) is 0 Å². The molecule has 0 fully saturated rings. The van der Waals surface area contributed by atoms with Crippen molar-refractivity contribution in [2.75, 3.05) is 12.0 Å². The summed E-state index contributed by atoms with van der Waals surface area (Å²) < 4.78 is 36.2.